The first-order chi connectivity index (χ1) is 61.5. The van der Waals surface area contributed by atoms with E-state index in [1.54, 1.807) is 111 Å². The van der Waals surface area contributed by atoms with Crippen molar-refractivity contribution in [3.63, 3.8) is 0 Å². The number of phenols is 2. The van der Waals surface area contributed by atoms with Gasteiger partial charge in [0.15, 0.2) is 34.5 Å². The SMILES string of the molecule is CC(C)Cc1ccc(O)cc1.CC(C)Cc1cccc(Oc2ccccc2)c1.CCCOc1ccc(CC(C)C)cc1.COc1cc(CC(C)C)cc(OC)c1.COc1cc(OC)c(CC(C)C)c(OC)c1.COc1cc(OC)c(OC)cc1CC(C)C.COc1ccc(CC(C)C)cc1OC.COc1ccc(OC)c(CC(C)C)c1.COc1cccc(CC(C)C)c1O. The van der Waals surface area contributed by atoms with E-state index in [9.17, 15) is 5.11 Å². The van der Waals surface area contributed by atoms with Crippen LogP contribution in [0.5, 0.6) is 103 Å². The molecule has 0 atom stereocenters. The molecule has 0 bridgehead atoms. The molecule has 2 N–H and O–H groups in total. The summed E-state index contributed by atoms with van der Waals surface area (Å²) in [6.07, 6.45) is 10.3. The second kappa shape index (κ2) is 64.5. The number of para-hydroxylation sites is 2. The van der Waals surface area contributed by atoms with Gasteiger partial charge in [-0.15, -0.1) is 0 Å². The Hall–Kier alpha value is -11.2. The molecule has 0 amide bonds. The van der Waals surface area contributed by atoms with Gasteiger partial charge in [0.25, 0.3) is 0 Å². The largest absolute Gasteiger partial charge is 0.508 e. The van der Waals surface area contributed by atoms with Gasteiger partial charge in [0, 0.05) is 29.8 Å². The molecule has 17 heteroatoms. The van der Waals surface area contributed by atoms with E-state index in [0.29, 0.717) is 64.6 Å². The van der Waals surface area contributed by atoms with Crippen LogP contribution in [0.4, 0.5) is 0 Å². The lowest BCUT2D eigenvalue weighted by Crippen LogP contribution is -2.02. The fourth-order valence-corrected chi connectivity index (χ4v) is 13.5. The minimum Gasteiger partial charge on any atom is -0.508 e. The predicted octanol–water partition coefficient (Wildman–Crippen LogP) is 28.1. The molecule has 0 fully saturated rings. The van der Waals surface area contributed by atoms with Crippen LogP contribution in [0, 0.1) is 53.3 Å². The summed E-state index contributed by atoms with van der Waals surface area (Å²) in [5.74, 6) is 19.5. The van der Waals surface area contributed by atoms with Crippen molar-refractivity contribution in [3.8, 4) is 103 Å². The van der Waals surface area contributed by atoms with E-state index in [0.717, 1.165) is 174 Å². The minimum absolute atomic E-state index is 0.277. The van der Waals surface area contributed by atoms with Crippen molar-refractivity contribution in [1.29, 1.82) is 0 Å². The van der Waals surface area contributed by atoms with Crippen LogP contribution in [0.3, 0.4) is 0 Å². The number of hydrogen-bond donors (Lipinski definition) is 2. The highest BCUT2D eigenvalue weighted by Crippen LogP contribution is 2.39. The fraction of sp³-hybridized carbons (Fsp3) is 0.464. The van der Waals surface area contributed by atoms with Crippen LogP contribution in [0.15, 0.2) is 200 Å². The van der Waals surface area contributed by atoms with Crippen molar-refractivity contribution in [2.45, 2.75) is 196 Å². The molecule has 0 aliphatic heterocycles. The third-order valence-corrected chi connectivity index (χ3v) is 19.2. The third kappa shape index (κ3) is 47.1. The van der Waals surface area contributed by atoms with Gasteiger partial charge in [0.05, 0.1) is 99.0 Å². The summed E-state index contributed by atoms with van der Waals surface area (Å²) < 4.78 is 79.4. The number of phenolic OH excluding ortho intramolecular Hbond substituents is 2. The zero-order chi connectivity index (χ0) is 96.5. The van der Waals surface area contributed by atoms with Crippen LogP contribution >= 0.6 is 0 Å². The summed E-state index contributed by atoms with van der Waals surface area (Å²) in [5.41, 5.74) is 11.0. The van der Waals surface area contributed by atoms with Crippen molar-refractivity contribution < 1.29 is 81.3 Å². The number of benzene rings is 10. The van der Waals surface area contributed by atoms with Crippen molar-refractivity contribution in [2.75, 3.05) is 99.0 Å². The Morgan fingerprint density at radius 1 is 0.217 bits per heavy atom. The van der Waals surface area contributed by atoms with Gasteiger partial charge in [-0.2, -0.15) is 0 Å². The van der Waals surface area contributed by atoms with Gasteiger partial charge < -0.3 is 81.3 Å². The molecule has 0 aliphatic carbocycles. The Bertz CT molecular complexity index is 4560. The molecule has 129 heavy (non-hydrogen) atoms. The zero-order valence-electron chi connectivity index (χ0n) is 84.5. The molecule has 0 aromatic heterocycles. The van der Waals surface area contributed by atoms with E-state index < -0.39 is 0 Å². The molecule has 0 spiro atoms. The van der Waals surface area contributed by atoms with Gasteiger partial charge in [-0.1, -0.05) is 204 Å². The number of ether oxygens (including phenoxy) is 15. The van der Waals surface area contributed by atoms with E-state index in [2.05, 4.69) is 192 Å². The molecule has 0 saturated heterocycles. The van der Waals surface area contributed by atoms with Crippen molar-refractivity contribution in [2.24, 2.45) is 53.3 Å². The predicted molar refractivity (Wildman–Crippen MR) is 536 cm³/mol. The maximum absolute atomic E-state index is 9.71. The molecule has 0 aliphatic rings. The normalized spacial score (nSPS) is 10.4. The van der Waals surface area contributed by atoms with Crippen LogP contribution < -0.4 is 71.1 Å². The molecule has 0 radical (unpaired) electrons. The van der Waals surface area contributed by atoms with Crippen LogP contribution in [-0.2, 0) is 57.8 Å². The van der Waals surface area contributed by atoms with Gasteiger partial charge in [-0.25, -0.2) is 0 Å². The summed E-state index contributed by atoms with van der Waals surface area (Å²) in [6, 6.07) is 65.3. The monoisotopic (exact) mass is 1780 g/mol. The first-order valence-electron chi connectivity index (χ1n) is 45.4. The van der Waals surface area contributed by atoms with Gasteiger partial charge in [-0.05, 0) is 265 Å². The van der Waals surface area contributed by atoms with E-state index >= 15 is 0 Å². The number of rotatable bonds is 36. The molecule has 10 rings (SSSR count). The average molecular weight is 1780 g/mol. The van der Waals surface area contributed by atoms with Crippen LogP contribution in [-0.4, -0.2) is 109 Å². The van der Waals surface area contributed by atoms with E-state index in [1.165, 1.54) is 33.4 Å². The molecule has 10 aromatic carbocycles. The lowest BCUT2D eigenvalue weighted by atomic mass is 10.0. The van der Waals surface area contributed by atoms with E-state index in [1.807, 2.05) is 121 Å². The van der Waals surface area contributed by atoms with E-state index in [-0.39, 0.29) is 5.75 Å². The minimum atomic E-state index is 0.277. The quantitative estimate of drug-likeness (QED) is 0.0378. The highest BCUT2D eigenvalue weighted by Gasteiger charge is 2.17. The molecule has 0 unspecified atom stereocenters. The molecular weight excluding hydrogens is 1620 g/mol. The fourth-order valence-electron chi connectivity index (χ4n) is 13.5. The summed E-state index contributed by atoms with van der Waals surface area (Å²) in [4.78, 5) is 0. The summed E-state index contributed by atoms with van der Waals surface area (Å²) in [7, 11) is 21.5. The Kier molecular flexibility index (Phi) is 57.0. The highest BCUT2D eigenvalue weighted by atomic mass is 16.5. The Morgan fingerprint density at radius 3 is 1.03 bits per heavy atom. The van der Waals surface area contributed by atoms with Gasteiger partial charge in [0.1, 0.15) is 69.0 Å². The van der Waals surface area contributed by atoms with Crippen LogP contribution in [0.25, 0.3) is 0 Å². The first-order valence-corrected chi connectivity index (χ1v) is 45.4. The van der Waals surface area contributed by atoms with Crippen LogP contribution in [0.2, 0.25) is 0 Å². The van der Waals surface area contributed by atoms with Crippen LogP contribution in [0.1, 0.15) is 188 Å². The standard InChI is InChI=1S/C16H18O.2C13H20O3.C13H20O.3C12H18O2.C11H16O2.C10H14O/c1-13(2)11-14-7-6-10-16(12-14)17-15-8-4-3-5-9-15;1-9(2)6-11-12(15-4)7-10(14-3)8-13(11)16-5;1-9(2)6-10-7-12(15-4)13(16-5)8-11(10)14-3;1-4-9-14-13-7-5-12(6-8-13)10-11(2)3;1-9(2)5-10-6-11(13-3)8-12(7-10)14-4;1-9(2)7-10-8-11(13-3)5-6-12(10)14-4;1-9(2)7-10-5-6-11(13-3)12(8-10)14-4;1-8(2)7-9-5-4-6-10(13-3)11(9)12;1-8(2)7-9-3-5-10(11)6-4-9/h3-10,12-13H,11H2,1-2H3;2*7-9H,6H2,1-5H3;5-8,11H,4,9-10H2,1-3H3;6-9H,5H2,1-4H3;2*5-6,8-9H,7H2,1-4H3;4-6,8,12H,7H2,1-3H3;3-6,8,11H,7H2,1-2H3. The third-order valence-electron chi connectivity index (χ3n) is 19.2. The van der Waals surface area contributed by atoms with Gasteiger partial charge in [-0.3, -0.25) is 0 Å². The molecular formula is C112H162O17. The number of aromatic hydroxyl groups is 2. The molecule has 10 aromatic rings. The number of methoxy groups -OCH3 is 13. The lowest BCUT2D eigenvalue weighted by molar-refractivity contribution is 0.317. The highest BCUT2D eigenvalue weighted by molar-refractivity contribution is 5.53. The number of hydrogen-bond acceptors (Lipinski definition) is 17. The van der Waals surface area contributed by atoms with Gasteiger partial charge >= 0.3 is 0 Å². The molecule has 0 heterocycles. The molecule has 712 valence electrons. The second-order valence-electron chi connectivity index (χ2n) is 35.2. The van der Waals surface area contributed by atoms with E-state index in [4.69, 9.17) is 76.2 Å². The summed E-state index contributed by atoms with van der Waals surface area (Å²) in [6.45, 7) is 42.4. The Balaban J connectivity index is 0.000000492. The van der Waals surface area contributed by atoms with Gasteiger partial charge in [0.2, 0.25) is 0 Å². The first kappa shape index (κ1) is 114. The topological polar surface area (TPSA) is 179 Å². The lowest BCUT2D eigenvalue weighted by Gasteiger charge is -2.16. The molecule has 0 saturated carbocycles. The summed E-state index contributed by atoms with van der Waals surface area (Å²) >= 11 is 0. The average Bonchev–Trinajstić information content (AvgIpc) is 0.832. The maximum Gasteiger partial charge on any atom is 0.164 e. The van der Waals surface area contributed by atoms with Crippen molar-refractivity contribution >= 4 is 0 Å². The summed E-state index contributed by atoms with van der Waals surface area (Å²) in [5, 5.41) is 18.7. The second-order valence-corrected chi connectivity index (χ2v) is 35.2. The molecule has 17 nitrogen and oxygen atoms in total. The maximum atomic E-state index is 9.71. The Labute approximate surface area is 778 Å². The Morgan fingerprint density at radius 2 is 0.581 bits per heavy atom. The zero-order valence-corrected chi connectivity index (χ0v) is 84.5. The smallest absolute Gasteiger partial charge is 0.164 e. The van der Waals surface area contributed by atoms with Crippen molar-refractivity contribution in [1.82, 2.24) is 0 Å². The van der Waals surface area contributed by atoms with Crippen molar-refractivity contribution in [3.05, 3.63) is 250 Å².